The van der Waals surface area contributed by atoms with Crippen molar-refractivity contribution in [3.8, 4) is 0 Å². The number of ether oxygens (including phenoxy) is 1. The third-order valence-electron chi connectivity index (χ3n) is 2.35. The highest BCUT2D eigenvalue weighted by atomic mass is 79.9. The van der Waals surface area contributed by atoms with Crippen LogP contribution in [0.4, 0.5) is 10.8 Å². The van der Waals surface area contributed by atoms with Crippen LogP contribution in [-0.4, -0.2) is 18.1 Å². The van der Waals surface area contributed by atoms with Gasteiger partial charge in [0, 0.05) is 13.8 Å². The van der Waals surface area contributed by atoms with Crippen LogP contribution >= 0.6 is 43.2 Å². The lowest BCUT2D eigenvalue weighted by Crippen LogP contribution is -2.03. The summed E-state index contributed by atoms with van der Waals surface area (Å²) in [6, 6.07) is 5.79. The third-order valence-corrected chi connectivity index (χ3v) is 4.42. The minimum atomic E-state index is -0.421. The summed E-state index contributed by atoms with van der Waals surface area (Å²) in [5.41, 5.74) is 1.22. The van der Waals surface area contributed by atoms with E-state index in [0.29, 0.717) is 10.8 Å². The Labute approximate surface area is 131 Å². The lowest BCUT2D eigenvalue weighted by atomic mass is 10.3. The predicted octanol–water partition coefficient (Wildman–Crippen LogP) is 4.51. The number of methoxy groups -OCH3 is 1. The van der Waals surface area contributed by atoms with Crippen molar-refractivity contribution >= 4 is 60.0 Å². The first-order chi connectivity index (χ1) is 9.01. The zero-order valence-electron chi connectivity index (χ0n) is 10.2. The van der Waals surface area contributed by atoms with Gasteiger partial charge >= 0.3 is 5.97 Å². The van der Waals surface area contributed by atoms with Gasteiger partial charge in [-0.15, -0.1) is 11.3 Å². The summed E-state index contributed by atoms with van der Waals surface area (Å²) >= 11 is 8.28. The molecule has 0 atom stereocenters. The fourth-order valence-corrected chi connectivity index (χ4v) is 2.96. The van der Waals surface area contributed by atoms with Crippen molar-refractivity contribution in [2.45, 2.75) is 6.92 Å². The van der Waals surface area contributed by atoms with E-state index >= 15 is 0 Å². The highest BCUT2D eigenvalue weighted by Crippen LogP contribution is 2.31. The zero-order chi connectivity index (χ0) is 14.0. The molecule has 1 aromatic heterocycles. The number of thiazole rings is 1. The van der Waals surface area contributed by atoms with E-state index in [4.69, 9.17) is 0 Å². The topological polar surface area (TPSA) is 51.2 Å². The summed E-state index contributed by atoms with van der Waals surface area (Å²) in [6.07, 6.45) is 0. The molecule has 0 aliphatic rings. The second-order valence-corrected chi connectivity index (χ2v) is 6.64. The fourth-order valence-electron chi connectivity index (χ4n) is 1.44. The highest BCUT2D eigenvalue weighted by molar-refractivity contribution is 9.11. The first-order valence-electron chi connectivity index (χ1n) is 5.29. The molecule has 0 bridgehead atoms. The van der Waals surface area contributed by atoms with Crippen molar-refractivity contribution in [3.63, 3.8) is 0 Å². The fraction of sp³-hybridized carbons (Fsp3) is 0.167. The lowest BCUT2D eigenvalue weighted by Gasteiger charge is -2.05. The number of benzene rings is 1. The molecule has 0 saturated heterocycles. The van der Waals surface area contributed by atoms with Crippen molar-refractivity contribution in [1.82, 2.24) is 4.98 Å². The second kappa shape index (κ2) is 6.02. The number of carbonyl (C=O) groups is 1. The Morgan fingerprint density at radius 3 is 2.84 bits per heavy atom. The number of hydrogen-bond donors (Lipinski definition) is 1. The summed E-state index contributed by atoms with van der Waals surface area (Å²) in [4.78, 5) is 16.6. The third kappa shape index (κ3) is 3.34. The maximum Gasteiger partial charge on any atom is 0.357 e. The highest BCUT2D eigenvalue weighted by Gasteiger charge is 2.16. The number of hydrogen-bond acceptors (Lipinski definition) is 5. The van der Waals surface area contributed by atoms with Gasteiger partial charge in [0.25, 0.3) is 0 Å². The number of nitrogens with zero attached hydrogens (tertiary/aromatic N) is 1. The summed E-state index contributed by atoms with van der Waals surface area (Å²) in [5, 5.41) is 3.83. The Kier molecular flexibility index (Phi) is 4.59. The molecule has 0 fully saturated rings. The van der Waals surface area contributed by atoms with E-state index in [9.17, 15) is 4.79 Å². The van der Waals surface area contributed by atoms with Gasteiger partial charge in [0.05, 0.1) is 12.8 Å². The average molecular weight is 406 g/mol. The molecule has 0 aliphatic heterocycles. The minimum absolute atomic E-state index is 0.348. The minimum Gasteiger partial charge on any atom is -0.464 e. The predicted molar refractivity (Wildman–Crippen MR) is 83.3 cm³/mol. The molecule has 4 nitrogen and oxygen atoms in total. The van der Waals surface area contributed by atoms with E-state index in [1.807, 2.05) is 25.1 Å². The monoisotopic (exact) mass is 404 g/mol. The number of anilines is 2. The van der Waals surface area contributed by atoms with Gasteiger partial charge < -0.3 is 10.1 Å². The lowest BCUT2D eigenvalue weighted by molar-refractivity contribution is 0.0594. The molecule has 0 saturated carbocycles. The number of nitrogens with one attached hydrogen (secondary N) is 1. The van der Waals surface area contributed by atoms with Crippen LogP contribution < -0.4 is 5.32 Å². The number of aryl methyl sites for hydroxylation is 1. The summed E-state index contributed by atoms with van der Waals surface area (Å²) in [6.45, 7) is 1.84. The van der Waals surface area contributed by atoms with Gasteiger partial charge in [0.2, 0.25) is 0 Å². The van der Waals surface area contributed by atoms with Gasteiger partial charge in [-0.3, -0.25) is 0 Å². The molecule has 19 heavy (non-hydrogen) atoms. The Morgan fingerprint density at radius 2 is 2.16 bits per heavy atom. The van der Waals surface area contributed by atoms with Crippen LogP contribution in [0.3, 0.4) is 0 Å². The quantitative estimate of drug-likeness (QED) is 0.763. The summed E-state index contributed by atoms with van der Waals surface area (Å²) < 4.78 is 6.56. The van der Waals surface area contributed by atoms with E-state index in [-0.39, 0.29) is 0 Å². The van der Waals surface area contributed by atoms with Crippen molar-refractivity contribution in [2.75, 3.05) is 12.4 Å². The number of aromatic nitrogens is 1. The van der Waals surface area contributed by atoms with Crippen LogP contribution in [0.15, 0.2) is 27.1 Å². The molecule has 0 aliphatic carbocycles. The van der Waals surface area contributed by atoms with Crippen LogP contribution in [0, 0.1) is 6.92 Å². The first-order valence-corrected chi connectivity index (χ1v) is 7.69. The molecule has 2 aromatic rings. The molecule has 1 N–H and O–H groups in total. The van der Waals surface area contributed by atoms with Gasteiger partial charge in [-0.05, 0) is 41.1 Å². The van der Waals surface area contributed by atoms with Gasteiger partial charge in [-0.1, -0.05) is 15.9 Å². The maximum absolute atomic E-state index is 11.5. The second-order valence-electron chi connectivity index (χ2n) is 3.66. The molecular weight excluding hydrogens is 396 g/mol. The van der Waals surface area contributed by atoms with Gasteiger partial charge in [-0.2, -0.15) is 0 Å². The summed E-state index contributed by atoms with van der Waals surface area (Å²) in [5.74, 6) is -0.421. The maximum atomic E-state index is 11.5. The number of rotatable bonds is 3. The normalized spacial score (nSPS) is 10.3. The zero-order valence-corrected chi connectivity index (χ0v) is 14.1. The first kappa shape index (κ1) is 14.5. The van der Waals surface area contributed by atoms with E-state index in [1.54, 1.807) is 0 Å². The van der Waals surface area contributed by atoms with Crippen molar-refractivity contribution in [1.29, 1.82) is 0 Å². The van der Waals surface area contributed by atoms with Crippen LogP contribution in [-0.2, 0) is 4.74 Å². The van der Waals surface area contributed by atoms with Crippen molar-refractivity contribution in [2.24, 2.45) is 0 Å². The van der Waals surface area contributed by atoms with E-state index in [2.05, 4.69) is 46.9 Å². The largest absolute Gasteiger partial charge is 0.464 e. The smallest absolute Gasteiger partial charge is 0.357 e. The molecule has 0 spiro atoms. The molecule has 0 amide bonds. The molecule has 2 rings (SSSR count). The number of carbonyl (C=O) groups excluding carboxylic acids is 1. The van der Waals surface area contributed by atoms with Crippen molar-refractivity contribution in [3.05, 3.63) is 37.7 Å². The molecule has 1 heterocycles. The molecule has 7 heteroatoms. The molecule has 0 unspecified atom stereocenters. The van der Waals surface area contributed by atoms with Crippen LogP contribution in [0.2, 0.25) is 0 Å². The number of esters is 1. The van der Waals surface area contributed by atoms with Gasteiger partial charge in [-0.25, -0.2) is 9.78 Å². The average Bonchev–Trinajstić information content (AvgIpc) is 2.74. The molecule has 0 radical (unpaired) electrons. The Morgan fingerprint density at radius 1 is 1.42 bits per heavy atom. The van der Waals surface area contributed by atoms with Crippen LogP contribution in [0.5, 0.6) is 0 Å². The molecule has 100 valence electrons. The Balaban J connectivity index is 2.29. The van der Waals surface area contributed by atoms with Crippen molar-refractivity contribution < 1.29 is 9.53 Å². The van der Waals surface area contributed by atoms with E-state index in [0.717, 1.165) is 19.5 Å². The van der Waals surface area contributed by atoms with Crippen LogP contribution in [0.25, 0.3) is 0 Å². The van der Waals surface area contributed by atoms with Gasteiger partial charge in [0.1, 0.15) is 0 Å². The number of halogens is 2. The molecule has 1 aromatic carbocycles. The summed E-state index contributed by atoms with van der Waals surface area (Å²) in [7, 11) is 1.35. The van der Waals surface area contributed by atoms with Crippen LogP contribution in [0.1, 0.15) is 15.4 Å². The molecular formula is C12H10Br2N2O2S. The Bertz CT molecular complexity index is 628. The standard InChI is InChI=1S/C12H10Br2N2O2S/c1-6-10(11(17)18-2)16-12(19-6)15-9-5-7(13)3-4-8(9)14/h3-5H,1-2H3,(H,15,16). The van der Waals surface area contributed by atoms with E-state index in [1.165, 1.54) is 18.4 Å². The SMILES string of the molecule is COC(=O)c1nc(Nc2cc(Br)ccc2Br)sc1C. The Hall–Kier alpha value is -0.920. The van der Waals surface area contributed by atoms with E-state index < -0.39 is 5.97 Å². The van der Waals surface area contributed by atoms with Gasteiger partial charge in [0.15, 0.2) is 10.8 Å².